The van der Waals surface area contributed by atoms with Crippen LogP contribution in [0.2, 0.25) is 0 Å². The lowest BCUT2D eigenvalue weighted by Gasteiger charge is -2.28. The van der Waals surface area contributed by atoms with Crippen LogP contribution in [-0.2, 0) is 4.79 Å². The minimum atomic E-state index is -0.00435. The molecule has 1 heterocycles. The van der Waals surface area contributed by atoms with Crippen molar-refractivity contribution < 1.29 is 4.79 Å². The number of nitrogens with one attached hydrogen (secondary N) is 1. The number of hydrogen-bond donors (Lipinski definition) is 1. The number of ketones is 1. The quantitative estimate of drug-likeness (QED) is 0.524. The molecule has 0 amide bonds. The van der Waals surface area contributed by atoms with Crippen LogP contribution in [0.3, 0.4) is 0 Å². The van der Waals surface area contributed by atoms with E-state index in [1.54, 1.807) is 6.92 Å². The summed E-state index contributed by atoms with van der Waals surface area (Å²) in [4.78, 5) is 13.9. The number of Topliss-reactive ketones (excluding diaryl/α,β-unsaturated/α-hetero) is 1. The molecule has 0 radical (unpaired) electrons. The highest BCUT2D eigenvalue weighted by Crippen LogP contribution is 2.21. The Bertz CT molecular complexity index is 707. The van der Waals surface area contributed by atoms with Crippen LogP contribution in [0.4, 0.5) is 5.69 Å². The van der Waals surface area contributed by atoms with E-state index in [1.165, 1.54) is 5.56 Å². The van der Waals surface area contributed by atoms with Gasteiger partial charge in [-0.25, -0.2) is 0 Å². The molecule has 0 spiro atoms. The molecule has 0 bridgehead atoms. The fourth-order valence-corrected chi connectivity index (χ4v) is 3.54. The summed E-state index contributed by atoms with van der Waals surface area (Å²) in [7, 11) is 0. The monoisotopic (exact) mass is 339 g/mol. The van der Waals surface area contributed by atoms with Crippen molar-refractivity contribution in [2.45, 2.75) is 6.92 Å². The van der Waals surface area contributed by atoms with E-state index >= 15 is 0 Å². The lowest BCUT2D eigenvalue weighted by atomic mass is 10.1. The molecule has 0 atom stereocenters. The molecule has 0 saturated carbocycles. The highest BCUT2D eigenvalue weighted by atomic mass is 32.2. The molecule has 0 aliphatic carbocycles. The van der Waals surface area contributed by atoms with Crippen molar-refractivity contribution >= 4 is 29.1 Å². The first-order valence-corrected chi connectivity index (χ1v) is 9.22. The van der Waals surface area contributed by atoms with Crippen LogP contribution in [0, 0.1) is 0 Å². The lowest BCUT2D eigenvalue weighted by Crippen LogP contribution is -2.41. The van der Waals surface area contributed by atoms with Crippen LogP contribution in [0.5, 0.6) is 0 Å². The first-order valence-electron chi connectivity index (χ1n) is 8.07. The molecule has 1 fully saturated rings. The Labute approximate surface area is 146 Å². The van der Waals surface area contributed by atoms with Crippen molar-refractivity contribution in [3.05, 3.63) is 54.6 Å². The molecule has 1 saturated heterocycles. The fourth-order valence-electron chi connectivity index (χ4n) is 2.63. The number of amidine groups is 1. The van der Waals surface area contributed by atoms with Gasteiger partial charge in [-0.05, 0) is 23.3 Å². The van der Waals surface area contributed by atoms with Gasteiger partial charge in [0.2, 0.25) is 0 Å². The normalized spacial score (nSPS) is 15.2. The first-order chi connectivity index (χ1) is 11.7. The third-order valence-electron chi connectivity index (χ3n) is 3.91. The summed E-state index contributed by atoms with van der Waals surface area (Å²) >= 11 is 1.91. The van der Waals surface area contributed by atoms with E-state index in [4.69, 9.17) is 0 Å². The van der Waals surface area contributed by atoms with Gasteiger partial charge < -0.3 is 4.90 Å². The van der Waals surface area contributed by atoms with E-state index in [2.05, 4.69) is 39.7 Å². The summed E-state index contributed by atoms with van der Waals surface area (Å²) < 4.78 is 0. The number of nitrogens with zero attached hydrogens (tertiary/aromatic N) is 2. The van der Waals surface area contributed by atoms with Crippen LogP contribution >= 0.6 is 11.8 Å². The average Bonchev–Trinajstić information content (AvgIpc) is 2.64. The highest BCUT2D eigenvalue weighted by molar-refractivity contribution is 7.99. The van der Waals surface area contributed by atoms with Crippen molar-refractivity contribution in [2.24, 2.45) is 5.10 Å². The van der Waals surface area contributed by atoms with Gasteiger partial charge in [0.1, 0.15) is 0 Å². The zero-order valence-corrected chi connectivity index (χ0v) is 14.6. The van der Waals surface area contributed by atoms with E-state index in [-0.39, 0.29) is 5.78 Å². The highest BCUT2D eigenvalue weighted by Gasteiger charge is 2.18. The molecule has 124 valence electrons. The van der Waals surface area contributed by atoms with Crippen LogP contribution in [-0.4, -0.2) is 41.1 Å². The number of benzene rings is 2. The van der Waals surface area contributed by atoms with Crippen LogP contribution < -0.4 is 5.43 Å². The molecule has 1 aliphatic rings. The Morgan fingerprint density at radius 3 is 2.25 bits per heavy atom. The summed E-state index contributed by atoms with van der Waals surface area (Å²) in [6.45, 7) is 3.32. The van der Waals surface area contributed by atoms with Crippen LogP contribution in [0.25, 0.3) is 11.1 Å². The standard InChI is InChI=1S/C19H21N3OS/c1-15(23)19(22-11-13-24-14-12-22)21-20-18-9-7-17(8-10-18)16-5-3-2-4-6-16/h2-10,20H,11-14H2,1H3. The Kier molecular flexibility index (Phi) is 5.54. The number of hydrazone groups is 1. The number of anilines is 1. The van der Waals surface area contributed by atoms with Gasteiger partial charge in [0.05, 0.1) is 5.69 Å². The molecule has 4 nitrogen and oxygen atoms in total. The molecule has 0 unspecified atom stereocenters. The zero-order valence-electron chi connectivity index (χ0n) is 13.7. The van der Waals surface area contributed by atoms with E-state index in [1.807, 2.05) is 42.1 Å². The van der Waals surface area contributed by atoms with Gasteiger partial charge in [-0.2, -0.15) is 16.9 Å². The molecule has 2 aromatic rings. The first kappa shape index (κ1) is 16.6. The van der Waals surface area contributed by atoms with Crippen molar-refractivity contribution in [1.29, 1.82) is 0 Å². The maximum absolute atomic E-state index is 11.9. The van der Waals surface area contributed by atoms with Crippen LogP contribution in [0.1, 0.15) is 6.92 Å². The van der Waals surface area contributed by atoms with Crippen molar-refractivity contribution in [3.8, 4) is 11.1 Å². The molecule has 3 rings (SSSR count). The second-order valence-electron chi connectivity index (χ2n) is 5.65. The maximum atomic E-state index is 11.9. The van der Waals surface area contributed by atoms with Gasteiger partial charge in [-0.1, -0.05) is 42.5 Å². The minimum Gasteiger partial charge on any atom is -0.351 e. The molecule has 2 aromatic carbocycles. The van der Waals surface area contributed by atoms with Gasteiger partial charge in [-0.3, -0.25) is 10.2 Å². The average molecular weight is 339 g/mol. The fraction of sp³-hybridized carbons (Fsp3) is 0.263. The molecule has 5 heteroatoms. The van der Waals surface area contributed by atoms with E-state index in [9.17, 15) is 4.79 Å². The number of carbonyl (C=O) groups is 1. The van der Waals surface area contributed by atoms with Crippen molar-refractivity contribution in [2.75, 3.05) is 30.0 Å². The zero-order chi connectivity index (χ0) is 16.8. The van der Waals surface area contributed by atoms with E-state index < -0.39 is 0 Å². The van der Waals surface area contributed by atoms with Crippen LogP contribution in [0.15, 0.2) is 59.7 Å². The van der Waals surface area contributed by atoms with Gasteiger partial charge in [0, 0.05) is 31.5 Å². The van der Waals surface area contributed by atoms with E-state index in [0.717, 1.165) is 35.8 Å². The Hall–Kier alpha value is -2.27. The predicted octanol–water partition coefficient (Wildman–Crippen LogP) is 3.72. The maximum Gasteiger partial charge on any atom is 0.196 e. The topological polar surface area (TPSA) is 44.7 Å². The number of hydrogen-bond acceptors (Lipinski definition) is 4. The van der Waals surface area contributed by atoms with Gasteiger partial charge in [-0.15, -0.1) is 0 Å². The largest absolute Gasteiger partial charge is 0.351 e. The number of carbonyl (C=O) groups excluding carboxylic acids is 1. The minimum absolute atomic E-state index is 0.00435. The van der Waals surface area contributed by atoms with Crippen molar-refractivity contribution in [3.63, 3.8) is 0 Å². The summed E-state index contributed by atoms with van der Waals surface area (Å²) in [5.41, 5.74) is 6.24. The molecular formula is C19H21N3OS. The molecular weight excluding hydrogens is 318 g/mol. The lowest BCUT2D eigenvalue weighted by molar-refractivity contribution is -0.111. The summed E-state index contributed by atoms with van der Waals surface area (Å²) in [6.07, 6.45) is 0. The second-order valence-corrected chi connectivity index (χ2v) is 6.87. The molecule has 0 aromatic heterocycles. The smallest absolute Gasteiger partial charge is 0.196 e. The van der Waals surface area contributed by atoms with Gasteiger partial charge in [0.15, 0.2) is 11.6 Å². The summed E-state index contributed by atoms with van der Waals surface area (Å²) in [5, 5.41) is 4.35. The third kappa shape index (κ3) is 4.17. The van der Waals surface area contributed by atoms with Gasteiger partial charge >= 0.3 is 0 Å². The van der Waals surface area contributed by atoms with Crippen molar-refractivity contribution in [1.82, 2.24) is 4.90 Å². The Morgan fingerprint density at radius 2 is 1.62 bits per heavy atom. The Balaban J connectivity index is 1.71. The third-order valence-corrected chi connectivity index (χ3v) is 4.85. The Morgan fingerprint density at radius 1 is 1.00 bits per heavy atom. The number of rotatable bonds is 4. The molecule has 1 N–H and O–H groups in total. The summed E-state index contributed by atoms with van der Waals surface area (Å²) in [5.74, 6) is 2.59. The predicted molar refractivity (Wildman–Crippen MR) is 103 cm³/mol. The number of thioether (sulfide) groups is 1. The summed E-state index contributed by atoms with van der Waals surface area (Å²) in [6, 6.07) is 18.3. The van der Waals surface area contributed by atoms with E-state index in [0.29, 0.717) is 5.84 Å². The van der Waals surface area contributed by atoms with Gasteiger partial charge in [0.25, 0.3) is 0 Å². The molecule has 1 aliphatic heterocycles. The SMILES string of the molecule is CC(=O)C(=NNc1ccc(-c2ccccc2)cc1)N1CCSCC1. The second kappa shape index (κ2) is 8.02. The molecule has 24 heavy (non-hydrogen) atoms.